The number of aryl methyl sites for hydroxylation is 1. The Bertz CT molecular complexity index is 786. The van der Waals surface area contributed by atoms with Crippen LogP contribution in [0.1, 0.15) is 34.3 Å². The number of primary amides is 1. The molecule has 0 spiro atoms. The van der Waals surface area contributed by atoms with Gasteiger partial charge in [-0.2, -0.15) is 0 Å². The fourth-order valence-corrected chi connectivity index (χ4v) is 2.98. The van der Waals surface area contributed by atoms with Gasteiger partial charge < -0.3 is 21.1 Å². The van der Waals surface area contributed by atoms with Gasteiger partial charge in [0.1, 0.15) is 6.61 Å². The summed E-state index contributed by atoms with van der Waals surface area (Å²) in [6.07, 6.45) is 1.27. The summed E-state index contributed by atoms with van der Waals surface area (Å²) in [5.74, 6) is -0.429. The zero-order valence-electron chi connectivity index (χ0n) is 14.7. The van der Waals surface area contributed by atoms with Crippen molar-refractivity contribution in [2.24, 2.45) is 5.73 Å². The van der Waals surface area contributed by atoms with Gasteiger partial charge >= 0.3 is 6.09 Å². The fraction of sp³-hybridized carbons (Fsp3) is 0.300. The van der Waals surface area contributed by atoms with Crippen LogP contribution in [0.4, 0.5) is 10.5 Å². The highest BCUT2D eigenvalue weighted by atomic mass is 16.5. The molecular formula is C20H23N3O3. The number of carbonyl (C=O) groups excluding carboxylic acids is 2. The maximum atomic E-state index is 11.8. The molecule has 0 aromatic heterocycles. The van der Waals surface area contributed by atoms with E-state index in [0.29, 0.717) is 5.56 Å². The van der Waals surface area contributed by atoms with Crippen LogP contribution in [0, 0.1) is 6.92 Å². The van der Waals surface area contributed by atoms with Crippen molar-refractivity contribution in [1.82, 2.24) is 5.32 Å². The summed E-state index contributed by atoms with van der Waals surface area (Å²) >= 11 is 0. The van der Waals surface area contributed by atoms with E-state index in [1.54, 1.807) is 12.1 Å². The van der Waals surface area contributed by atoms with Crippen LogP contribution in [0.2, 0.25) is 0 Å². The van der Waals surface area contributed by atoms with Gasteiger partial charge in [-0.3, -0.25) is 4.79 Å². The van der Waals surface area contributed by atoms with Crippen molar-refractivity contribution in [3.8, 4) is 0 Å². The number of nitrogens with two attached hydrogens (primary N) is 1. The molecule has 0 bridgehead atoms. The Kier molecular flexibility index (Phi) is 5.41. The smallest absolute Gasteiger partial charge is 0.407 e. The molecule has 26 heavy (non-hydrogen) atoms. The van der Waals surface area contributed by atoms with Gasteiger partial charge in [-0.05, 0) is 49.1 Å². The second-order valence-electron chi connectivity index (χ2n) is 6.61. The first-order chi connectivity index (χ1) is 12.5. The van der Waals surface area contributed by atoms with Crippen molar-refractivity contribution in [3.05, 3.63) is 65.2 Å². The van der Waals surface area contributed by atoms with E-state index in [2.05, 4.69) is 10.6 Å². The summed E-state index contributed by atoms with van der Waals surface area (Å²) in [7, 11) is 0. The van der Waals surface area contributed by atoms with Crippen LogP contribution in [-0.4, -0.2) is 24.1 Å². The van der Waals surface area contributed by atoms with Crippen molar-refractivity contribution >= 4 is 17.7 Å². The largest absolute Gasteiger partial charge is 0.445 e. The number of rotatable bonds is 6. The van der Waals surface area contributed by atoms with Crippen molar-refractivity contribution in [1.29, 1.82) is 0 Å². The molecule has 0 heterocycles. The highest BCUT2D eigenvalue weighted by Gasteiger charge is 2.30. The Morgan fingerprint density at radius 2 is 1.85 bits per heavy atom. The molecule has 1 saturated carbocycles. The Morgan fingerprint density at radius 1 is 1.12 bits per heavy atom. The number of alkyl carbamates (subject to hydrolysis) is 1. The van der Waals surface area contributed by atoms with Crippen LogP contribution in [0.5, 0.6) is 0 Å². The molecule has 0 radical (unpaired) electrons. The van der Waals surface area contributed by atoms with Gasteiger partial charge in [-0.15, -0.1) is 0 Å². The van der Waals surface area contributed by atoms with Gasteiger partial charge in [0.2, 0.25) is 5.91 Å². The van der Waals surface area contributed by atoms with E-state index in [4.69, 9.17) is 10.5 Å². The number of benzene rings is 2. The predicted octanol–water partition coefficient (Wildman–Crippen LogP) is 2.96. The molecule has 0 atom stereocenters. The normalized spacial score (nSPS) is 18.5. The van der Waals surface area contributed by atoms with Crippen molar-refractivity contribution in [3.63, 3.8) is 0 Å². The molecule has 6 heteroatoms. The lowest BCUT2D eigenvalue weighted by Crippen LogP contribution is -2.49. The van der Waals surface area contributed by atoms with Crippen molar-refractivity contribution in [2.45, 2.75) is 38.5 Å². The minimum absolute atomic E-state index is 0.112. The Morgan fingerprint density at radius 3 is 2.50 bits per heavy atom. The average molecular weight is 353 g/mol. The van der Waals surface area contributed by atoms with Crippen molar-refractivity contribution < 1.29 is 14.3 Å². The molecule has 4 N–H and O–H groups in total. The van der Waals surface area contributed by atoms with Gasteiger partial charge in [0.15, 0.2) is 0 Å². The number of hydrogen-bond acceptors (Lipinski definition) is 4. The van der Waals surface area contributed by atoms with E-state index >= 15 is 0 Å². The molecule has 0 unspecified atom stereocenters. The maximum absolute atomic E-state index is 11.8. The molecule has 1 aliphatic rings. The first kappa shape index (κ1) is 17.8. The standard InChI is InChI=1S/C20H23N3O3/c1-13-9-15(19(21)24)7-8-18(13)22-16-10-17(11-16)23-20(25)26-12-14-5-3-2-4-6-14/h2-9,16-17,22H,10-12H2,1H3,(H2,21,24)(H,23,25). The van der Waals surface area contributed by atoms with Gasteiger partial charge in [0, 0.05) is 23.3 Å². The highest BCUT2D eigenvalue weighted by Crippen LogP contribution is 2.26. The topological polar surface area (TPSA) is 93.5 Å². The molecular weight excluding hydrogens is 330 g/mol. The molecule has 0 aliphatic heterocycles. The van der Waals surface area contributed by atoms with Gasteiger partial charge in [-0.1, -0.05) is 30.3 Å². The van der Waals surface area contributed by atoms with E-state index < -0.39 is 5.91 Å². The number of nitrogens with one attached hydrogen (secondary N) is 2. The van der Waals surface area contributed by atoms with E-state index in [1.165, 1.54) is 0 Å². The second kappa shape index (κ2) is 7.91. The van der Waals surface area contributed by atoms with Crippen LogP contribution >= 0.6 is 0 Å². The Labute approximate surface area is 152 Å². The molecule has 1 aliphatic carbocycles. The predicted molar refractivity (Wildman–Crippen MR) is 99.9 cm³/mol. The average Bonchev–Trinajstić information content (AvgIpc) is 2.60. The second-order valence-corrected chi connectivity index (χ2v) is 6.61. The minimum atomic E-state index is -0.429. The minimum Gasteiger partial charge on any atom is -0.445 e. The number of carbonyl (C=O) groups is 2. The molecule has 2 aromatic rings. The number of hydrogen-bond donors (Lipinski definition) is 3. The Hall–Kier alpha value is -3.02. The summed E-state index contributed by atoms with van der Waals surface area (Å²) in [5, 5.41) is 6.31. The highest BCUT2D eigenvalue weighted by molar-refractivity contribution is 5.93. The van der Waals surface area contributed by atoms with Crippen LogP contribution in [0.15, 0.2) is 48.5 Å². The number of anilines is 1. The van der Waals surface area contributed by atoms with E-state index in [9.17, 15) is 9.59 Å². The molecule has 2 aromatic carbocycles. The Balaban J connectivity index is 1.40. The van der Waals surface area contributed by atoms with E-state index in [1.807, 2.05) is 43.3 Å². The zero-order chi connectivity index (χ0) is 18.5. The van der Waals surface area contributed by atoms with Gasteiger partial charge in [0.25, 0.3) is 0 Å². The maximum Gasteiger partial charge on any atom is 0.407 e. The summed E-state index contributed by atoms with van der Waals surface area (Å²) in [6.45, 7) is 2.20. The lowest BCUT2D eigenvalue weighted by atomic mass is 9.86. The van der Waals surface area contributed by atoms with E-state index in [-0.39, 0.29) is 24.8 Å². The molecule has 0 saturated heterocycles. The third-order valence-corrected chi connectivity index (χ3v) is 4.54. The quantitative estimate of drug-likeness (QED) is 0.744. The first-order valence-electron chi connectivity index (χ1n) is 8.65. The molecule has 2 amide bonds. The van der Waals surface area contributed by atoms with E-state index in [0.717, 1.165) is 29.7 Å². The lowest BCUT2D eigenvalue weighted by molar-refractivity contribution is 0.1000. The molecule has 3 rings (SSSR count). The summed E-state index contributed by atoms with van der Waals surface area (Å²) in [6, 6.07) is 15.3. The SMILES string of the molecule is Cc1cc(C(N)=O)ccc1NC1CC(NC(=O)OCc2ccccc2)C1. The molecule has 136 valence electrons. The fourth-order valence-electron chi connectivity index (χ4n) is 2.98. The third-order valence-electron chi connectivity index (χ3n) is 4.54. The first-order valence-corrected chi connectivity index (χ1v) is 8.65. The molecule has 6 nitrogen and oxygen atoms in total. The lowest BCUT2D eigenvalue weighted by Gasteiger charge is -2.37. The van der Waals surface area contributed by atoms with Crippen LogP contribution in [-0.2, 0) is 11.3 Å². The van der Waals surface area contributed by atoms with Crippen LogP contribution in [0.3, 0.4) is 0 Å². The van der Waals surface area contributed by atoms with Crippen molar-refractivity contribution in [2.75, 3.05) is 5.32 Å². The number of ether oxygens (including phenoxy) is 1. The zero-order valence-corrected chi connectivity index (χ0v) is 14.7. The molecule has 1 fully saturated rings. The van der Waals surface area contributed by atoms with Gasteiger partial charge in [0.05, 0.1) is 0 Å². The summed E-state index contributed by atoms with van der Waals surface area (Å²) in [5.41, 5.74) is 8.70. The third kappa shape index (κ3) is 4.53. The van der Waals surface area contributed by atoms with Crippen LogP contribution < -0.4 is 16.4 Å². The summed E-state index contributed by atoms with van der Waals surface area (Å²) < 4.78 is 5.23. The monoisotopic (exact) mass is 353 g/mol. The van der Waals surface area contributed by atoms with Crippen LogP contribution in [0.25, 0.3) is 0 Å². The summed E-state index contributed by atoms with van der Waals surface area (Å²) in [4.78, 5) is 23.0. The van der Waals surface area contributed by atoms with Gasteiger partial charge in [-0.25, -0.2) is 4.79 Å². The number of amides is 2.